The van der Waals surface area contributed by atoms with E-state index in [0.717, 1.165) is 31.5 Å². The van der Waals surface area contributed by atoms with Gasteiger partial charge < -0.3 is 10.2 Å². The van der Waals surface area contributed by atoms with E-state index in [4.69, 9.17) is 11.6 Å². The third-order valence-electron chi connectivity index (χ3n) is 4.01. The van der Waals surface area contributed by atoms with Crippen LogP contribution >= 0.6 is 22.9 Å². The maximum atomic E-state index is 12.7. The van der Waals surface area contributed by atoms with Gasteiger partial charge in [-0.2, -0.15) is 0 Å². The minimum atomic E-state index is -0.0300. The van der Waals surface area contributed by atoms with Crippen molar-refractivity contribution in [1.29, 1.82) is 0 Å². The molecule has 2 amide bonds. The lowest BCUT2D eigenvalue weighted by molar-refractivity contribution is 0.178. The molecule has 22 heavy (non-hydrogen) atoms. The van der Waals surface area contributed by atoms with Crippen LogP contribution in [-0.4, -0.2) is 17.5 Å². The molecule has 1 aromatic carbocycles. The molecule has 2 aromatic rings. The van der Waals surface area contributed by atoms with Crippen LogP contribution in [0.1, 0.15) is 36.2 Å². The molecule has 0 spiro atoms. The van der Waals surface area contributed by atoms with Crippen molar-refractivity contribution in [3.05, 3.63) is 51.2 Å². The van der Waals surface area contributed by atoms with E-state index >= 15 is 0 Å². The number of amides is 2. The van der Waals surface area contributed by atoms with Gasteiger partial charge in [0.2, 0.25) is 0 Å². The topological polar surface area (TPSA) is 32.3 Å². The van der Waals surface area contributed by atoms with Crippen molar-refractivity contribution in [2.45, 2.75) is 32.2 Å². The Kier molecular flexibility index (Phi) is 4.69. The van der Waals surface area contributed by atoms with Crippen molar-refractivity contribution in [2.24, 2.45) is 0 Å². The zero-order chi connectivity index (χ0) is 15.5. The molecule has 1 aromatic heterocycles. The molecule has 0 saturated heterocycles. The molecule has 0 fully saturated rings. The number of urea groups is 1. The van der Waals surface area contributed by atoms with Crippen molar-refractivity contribution in [3.8, 4) is 0 Å². The summed E-state index contributed by atoms with van der Waals surface area (Å²) in [4.78, 5) is 16.0. The van der Waals surface area contributed by atoms with E-state index in [1.165, 1.54) is 10.4 Å². The molecular formula is C17H19ClN2OS. The van der Waals surface area contributed by atoms with Gasteiger partial charge in [-0.15, -0.1) is 11.3 Å². The number of fused-ring (bicyclic) bond motifs is 1. The Balaban J connectivity index is 1.77. The number of rotatable bonds is 3. The van der Waals surface area contributed by atoms with E-state index in [9.17, 15) is 4.79 Å². The number of thiophene rings is 1. The van der Waals surface area contributed by atoms with Crippen LogP contribution in [0.5, 0.6) is 0 Å². The number of carbonyl (C=O) groups excluding carboxylic acids is 1. The molecule has 1 aliphatic rings. The third-order valence-corrected chi connectivity index (χ3v) is 5.26. The molecule has 3 nitrogen and oxygen atoms in total. The highest BCUT2D eigenvalue weighted by molar-refractivity contribution is 7.10. The van der Waals surface area contributed by atoms with Crippen LogP contribution in [0.25, 0.3) is 0 Å². The Bertz CT molecular complexity index is 653. The average Bonchev–Trinajstić information content (AvgIpc) is 2.99. The number of hydrogen-bond donors (Lipinski definition) is 1. The summed E-state index contributed by atoms with van der Waals surface area (Å²) in [6.45, 7) is 2.94. The van der Waals surface area contributed by atoms with Gasteiger partial charge in [0.25, 0.3) is 0 Å². The molecule has 3 rings (SSSR count). The van der Waals surface area contributed by atoms with Crippen molar-refractivity contribution in [2.75, 3.05) is 11.9 Å². The summed E-state index contributed by atoms with van der Waals surface area (Å²) in [5.41, 5.74) is 2.10. The summed E-state index contributed by atoms with van der Waals surface area (Å²) >= 11 is 7.68. The highest BCUT2D eigenvalue weighted by atomic mass is 35.5. The van der Waals surface area contributed by atoms with Gasteiger partial charge in [0, 0.05) is 22.1 Å². The Morgan fingerprint density at radius 1 is 1.36 bits per heavy atom. The Hall–Kier alpha value is -1.52. The van der Waals surface area contributed by atoms with Gasteiger partial charge in [0.1, 0.15) is 0 Å². The highest BCUT2D eigenvalue weighted by Crippen LogP contribution is 2.36. The van der Waals surface area contributed by atoms with Crippen molar-refractivity contribution in [3.63, 3.8) is 0 Å². The highest BCUT2D eigenvalue weighted by Gasteiger charge is 2.30. The second-order valence-electron chi connectivity index (χ2n) is 5.48. The summed E-state index contributed by atoms with van der Waals surface area (Å²) in [6, 6.07) is 9.55. The largest absolute Gasteiger partial charge is 0.322 e. The predicted octanol–water partition coefficient (Wildman–Crippen LogP) is 5.33. The maximum absolute atomic E-state index is 12.7. The lowest BCUT2D eigenvalue weighted by Gasteiger charge is -2.36. The van der Waals surface area contributed by atoms with Gasteiger partial charge in [-0.3, -0.25) is 0 Å². The first kappa shape index (κ1) is 15.4. The molecular weight excluding hydrogens is 316 g/mol. The van der Waals surface area contributed by atoms with Crippen LogP contribution in [0.15, 0.2) is 35.7 Å². The van der Waals surface area contributed by atoms with E-state index in [2.05, 4.69) is 23.7 Å². The smallest absolute Gasteiger partial charge is 0.317 e. The summed E-state index contributed by atoms with van der Waals surface area (Å²) in [6.07, 6.45) is 3.00. The maximum Gasteiger partial charge on any atom is 0.322 e. The predicted molar refractivity (Wildman–Crippen MR) is 92.8 cm³/mol. The molecule has 5 heteroatoms. The number of benzene rings is 1. The fraction of sp³-hybridized carbons (Fsp3) is 0.353. The van der Waals surface area contributed by atoms with Crippen molar-refractivity contribution in [1.82, 2.24) is 4.90 Å². The van der Waals surface area contributed by atoms with Gasteiger partial charge in [-0.05, 0) is 54.1 Å². The minimum Gasteiger partial charge on any atom is -0.317 e. The monoisotopic (exact) mass is 334 g/mol. The van der Waals surface area contributed by atoms with Gasteiger partial charge in [0.15, 0.2) is 0 Å². The molecule has 0 radical (unpaired) electrons. The van der Waals surface area contributed by atoms with Crippen LogP contribution in [0.2, 0.25) is 5.02 Å². The molecule has 0 unspecified atom stereocenters. The summed E-state index contributed by atoms with van der Waals surface area (Å²) in [5.74, 6) is 0. The van der Waals surface area contributed by atoms with Gasteiger partial charge in [-0.1, -0.05) is 24.9 Å². The van der Waals surface area contributed by atoms with Crippen LogP contribution in [0.4, 0.5) is 10.5 Å². The Labute approximate surface area is 139 Å². The van der Waals surface area contributed by atoms with Crippen LogP contribution in [-0.2, 0) is 6.42 Å². The summed E-state index contributed by atoms with van der Waals surface area (Å²) < 4.78 is 0. The van der Waals surface area contributed by atoms with Gasteiger partial charge >= 0.3 is 6.03 Å². The number of nitrogens with zero attached hydrogens (tertiary/aromatic N) is 1. The molecule has 116 valence electrons. The quantitative estimate of drug-likeness (QED) is 0.808. The third kappa shape index (κ3) is 3.13. The van der Waals surface area contributed by atoms with Crippen LogP contribution in [0, 0.1) is 0 Å². The molecule has 1 atom stereocenters. The molecule has 0 aliphatic carbocycles. The molecule has 0 bridgehead atoms. The average molecular weight is 335 g/mol. The van der Waals surface area contributed by atoms with Gasteiger partial charge in [0.05, 0.1) is 6.04 Å². The number of anilines is 1. The zero-order valence-corrected chi connectivity index (χ0v) is 14.1. The second-order valence-corrected chi connectivity index (χ2v) is 6.92. The zero-order valence-electron chi connectivity index (χ0n) is 12.5. The first-order valence-corrected chi connectivity index (χ1v) is 8.84. The van der Waals surface area contributed by atoms with Crippen molar-refractivity contribution < 1.29 is 4.79 Å². The standard InChI is InChI=1S/C17H19ClN2OS/c1-2-3-15-14-9-11-22-16(14)8-10-20(15)17(21)19-13-6-4-12(18)5-7-13/h4-7,9,11,15H,2-3,8,10H2,1H3,(H,19,21)/t15-/m0/s1. The number of carbonyl (C=O) groups is 1. The molecule has 0 saturated carbocycles. The van der Waals surface area contributed by atoms with E-state index in [0.29, 0.717) is 5.02 Å². The minimum absolute atomic E-state index is 0.0300. The first-order valence-electron chi connectivity index (χ1n) is 7.58. The lowest BCUT2D eigenvalue weighted by Crippen LogP contribution is -2.42. The SMILES string of the molecule is CCC[C@H]1c2ccsc2CCN1C(=O)Nc1ccc(Cl)cc1. The Morgan fingerprint density at radius 3 is 2.86 bits per heavy atom. The van der Waals surface area contributed by atoms with E-state index in [1.54, 1.807) is 23.5 Å². The summed E-state index contributed by atoms with van der Waals surface area (Å²) in [7, 11) is 0. The molecule has 1 N–H and O–H groups in total. The number of halogens is 1. The molecule has 2 heterocycles. The van der Waals surface area contributed by atoms with Crippen LogP contribution in [0.3, 0.4) is 0 Å². The number of hydrogen-bond acceptors (Lipinski definition) is 2. The van der Waals surface area contributed by atoms with Crippen LogP contribution < -0.4 is 5.32 Å². The fourth-order valence-electron chi connectivity index (χ4n) is 2.95. The summed E-state index contributed by atoms with van der Waals surface area (Å²) in [5, 5.41) is 5.78. The lowest BCUT2D eigenvalue weighted by atomic mass is 9.96. The molecule has 1 aliphatic heterocycles. The second kappa shape index (κ2) is 6.71. The van der Waals surface area contributed by atoms with E-state index < -0.39 is 0 Å². The van der Waals surface area contributed by atoms with Gasteiger partial charge in [-0.25, -0.2) is 4.79 Å². The van der Waals surface area contributed by atoms with Crippen molar-refractivity contribution >= 4 is 34.7 Å². The Morgan fingerprint density at radius 2 is 2.14 bits per heavy atom. The number of nitrogens with one attached hydrogen (secondary N) is 1. The van der Waals surface area contributed by atoms with E-state index in [1.807, 2.05) is 17.0 Å². The van der Waals surface area contributed by atoms with E-state index in [-0.39, 0.29) is 12.1 Å². The normalized spacial score (nSPS) is 17.2. The fourth-order valence-corrected chi connectivity index (χ4v) is 4.01. The first-order chi connectivity index (χ1) is 10.7.